The summed E-state index contributed by atoms with van der Waals surface area (Å²) in [7, 11) is -1.00. The molecule has 2 fully saturated rings. The van der Waals surface area contributed by atoms with Gasteiger partial charge in [0, 0.05) is 13.1 Å². The van der Waals surface area contributed by atoms with Crippen LogP contribution < -0.4 is 10.0 Å². The van der Waals surface area contributed by atoms with Gasteiger partial charge in [-0.2, -0.15) is 0 Å². The van der Waals surface area contributed by atoms with Crippen molar-refractivity contribution in [1.29, 1.82) is 0 Å². The van der Waals surface area contributed by atoms with Crippen molar-refractivity contribution in [2.24, 2.45) is 5.92 Å². The molecule has 0 spiro atoms. The fourth-order valence-electron chi connectivity index (χ4n) is 2.70. The number of sulfonamides is 1. The molecule has 18 heavy (non-hydrogen) atoms. The molecular weight excluding hydrogens is 250 g/mol. The summed E-state index contributed by atoms with van der Waals surface area (Å²) in [4.78, 5) is 2.30. The average molecular weight is 275 g/mol. The van der Waals surface area contributed by atoms with Gasteiger partial charge in [-0.05, 0) is 58.3 Å². The number of nitrogens with one attached hydrogen (secondary N) is 2. The second kappa shape index (κ2) is 6.32. The number of hydrogen-bond donors (Lipinski definition) is 2. The molecule has 0 amide bonds. The lowest BCUT2D eigenvalue weighted by Gasteiger charge is -2.30. The van der Waals surface area contributed by atoms with Crippen molar-refractivity contribution < 1.29 is 8.42 Å². The first-order chi connectivity index (χ1) is 8.58. The zero-order valence-electron chi connectivity index (χ0n) is 11.2. The van der Waals surface area contributed by atoms with Gasteiger partial charge >= 0.3 is 0 Å². The minimum Gasteiger partial charge on any atom is -0.315 e. The van der Waals surface area contributed by atoms with E-state index in [9.17, 15) is 8.42 Å². The Morgan fingerprint density at radius 1 is 1.28 bits per heavy atom. The van der Waals surface area contributed by atoms with E-state index in [4.69, 9.17) is 0 Å². The number of piperidine rings is 2. The van der Waals surface area contributed by atoms with E-state index in [2.05, 4.69) is 22.0 Å². The molecule has 0 aromatic rings. The third-order valence-electron chi connectivity index (χ3n) is 4.10. The Hall–Kier alpha value is -0.170. The zero-order valence-corrected chi connectivity index (χ0v) is 12.0. The van der Waals surface area contributed by atoms with Gasteiger partial charge in [0.2, 0.25) is 10.0 Å². The molecule has 5 nitrogen and oxygen atoms in total. The number of rotatable bonds is 4. The molecular formula is C12H25N3O2S. The van der Waals surface area contributed by atoms with E-state index in [1.165, 1.54) is 0 Å². The van der Waals surface area contributed by atoms with E-state index >= 15 is 0 Å². The van der Waals surface area contributed by atoms with E-state index in [-0.39, 0.29) is 5.25 Å². The second-order valence-electron chi connectivity index (χ2n) is 5.61. The first kappa shape index (κ1) is 14.2. The van der Waals surface area contributed by atoms with Gasteiger partial charge < -0.3 is 10.2 Å². The monoisotopic (exact) mass is 275 g/mol. The molecule has 0 aromatic carbocycles. The van der Waals surface area contributed by atoms with Gasteiger partial charge in [0.05, 0.1) is 5.25 Å². The van der Waals surface area contributed by atoms with Crippen LogP contribution in [0.5, 0.6) is 0 Å². The Morgan fingerprint density at radius 3 is 2.61 bits per heavy atom. The maximum Gasteiger partial charge on any atom is 0.215 e. The van der Waals surface area contributed by atoms with Gasteiger partial charge in [-0.3, -0.25) is 0 Å². The molecule has 2 rings (SSSR count). The predicted octanol–water partition coefficient (Wildman–Crippen LogP) is -0.000400. The highest BCUT2D eigenvalue weighted by Gasteiger charge is 2.28. The molecule has 2 aliphatic heterocycles. The van der Waals surface area contributed by atoms with Crippen LogP contribution in [0.3, 0.4) is 0 Å². The first-order valence-corrected chi connectivity index (χ1v) is 8.50. The van der Waals surface area contributed by atoms with Crippen LogP contribution in [0.4, 0.5) is 0 Å². The summed E-state index contributed by atoms with van der Waals surface area (Å²) in [5.41, 5.74) is 0. The molecule has 2 N–H and O–H groups in total. The maximum atomic E-state index is 12.1. The highest BCUT2D eigenvalue weighted by Crippen LogP contribution is 2.16. The minimum atomic E-state index is -3.12. The van der Waals surface area contributed by atoms with Gasteiger partial charge in [0.15, 0.2) is 0 Å². The van der Waals surface area contributed by atoms with Crippen LogP contribution in [-0.2, 0) is 10.0 Å². The van der Waals surface area contributed by atoms with E-state index in [1.54, 1.807) is 0 Å². The summed E-state index contributed by atoms with van der Waals surface area (Å²) in [5, 5.41) is 2.92. The molecule has 0 radical (unpaired) electrons. The third kappa shape index (κ3) is 3.91. The van der Waals surface area contributed by atoms with Gasteiger partial charge in [-0.25, -0.2) is 13.1 Å². The quantitative estimate of drug-likeness (QED) is 0.758. The molecule has 0 saturated carbocycles. The summed E-state index contributed by atoms with van der Waals surface area (Å²) in [5.74, 6) is 0.507. The molecule has 0 aromatic heterocycles. The Morgan fingerprint density at radius 2 is 2.00 bits per heavy atom. The van der Waals surface area contributed by atoms with Crippen LogP contribution in [0, 0.1) is 5.92 Å². The minimum absolute atomic E-state index is 0.238. The predicted molar refractivity (Wildman–Crippen MR) is 73.0 cm³/mol. The maximum absolute atomic E-state index is 12.1. The number of likely N-dealkylation sites (tertiary alicyclic amines) is 1. The largest absolute Gasteiger partial charge is 0.315 e. The van der Waals surface area contributed by atoms with Crippen molar-refractivity contribution in [3.8, 4) is 0 Å². The number of hydrogen-bond acceptors (Lipinski definition) is 4. The van der Waals surface area contributed by atoms with Gasteiger partial charge in [0.25, 0.3) is 0 Å². The molecule has 2 aliphatic rings. The summed E-state index contributed by atoms with van der Waals surface area (Å²) in [6.07, 6.45) is 3.94. The molecule has 1 atom stereocenters. The van der Waals surface area contributed by atoms with Gasteiger partial charge in [0.1, 0.15) is 0 Å². The second-order valence-corrected chi connectivity index (χ2v) is 7.65. The smallest absolute Gasteiger partial charge is 0.215 e. The lowest BCUT2D eigenvalue weighted by atomic mass is 9.98. The van der Waals surface area contributed by atoms with Crippen LogP contribution in [0.2, 0.25) is 0 Å². The van der Waals surface area contributed by atoms with Crippen LogP contribution in [-0.4, -0.2) is 58.3 Å². The van der Waals surface area contributed by atoms with Crippen molar-refractivity contribution in [1.82, 2.24) is 14.9 Å². The fourth-order valence-corrected chi connectivity index (χ4v) is 4.22. The highest BCUT2D eigenvalue weighted by atomic mass is 32.2. The Labute approximate surface area is 110 Å². The lowest BCUT2D eigenvalue weighted by Crippen LogP contribution is -2.46. The SMILES string of the molecule is CN1CCC(CNS(=O)(=O)C2CCCNC2)CC1. The van der Waals surface area contributed by atoms with Gasteiger partial charge in [-0.1, -0.05) is 0 Å². The Kier molecular flexibility index (Phi) is 5.00. The molecule has 6 heteroatoms. The van der Waals surface area contributed by atoms with Crippen LogP contribution in [0.25, 0.3) is 0 Å². The zero-order chi connectivity index (χ0) is 13.0. The van der Waals surface area contributed by atoms with Crippen molar-refractivity contribution >= 4 is 10.0 Å². The number of nitrogens with zero attached hydrogens (tertiary/aromatic N) is 1. The van der Waals surface area contributed by atoms with Crippen molar-refractivity contribution in [3.05, 3.63) is 0 Å². The van der Waals surface area contributed by atoms with Crippen LogP contribution in [0.1, 0.15) is 25.7 Å². The molecule has 0 bridgehead atoms. The van der Waals surface area contributed by atoms with Crippen molar-refractivity contribution in [2.45, 2.75) is 30.9 Å². The lowest BCUT2D eigenvalue weighted by molar-refractivity contribution is 0.220. The van der Waals surface area contributed by atoms with Crippen molar-refractivity contribution in [2.75, 3.05) is 39.8 Å². The third-order valence-corrected chi connectivity index (χ3v) is 5.95. The van der Waals surface area contributed by atoms with Gasteiger partial charge in [-0.15, -0.1) is 0 Å². The molecule has 2 saturated heterocycles. The van der Waals surface area contributed by atoms with E-state index < -0.39 is 10.0 Å². The summed E-state index contributed by atoms with van der Waals surface area (Å²) >= 11 is 0. The topological polar surface area (TPSA) is 61.4 Å². The normalized spacial score (nSPS) is 28.4. The summed E-state index contributed by atoms with van der Waals surface area (Å²) in [6.45, 7) is 4.32. The van der Waals surface area contributed by atoms with Crippen LogP contribution in [0.15, 0.2) is 0 Å². The molecule has 0 aliphatic carbocycles. The molecule has 1 unspecified atom stereocenters. The average Bonchev–Trinajstić information content (AvgIpc) is 2.39. The van der Waals surface area contributed by atoms with Crippen LogP contribution >= 0.6 is 0 Å². The fraction of sp³-hybridized carbons (Fsp3) is 1.00. The van der Waals surface area contributed by atoms with E-state index in [1.807, 2.05) is 0 Å². The first-order valence-electron chi connectivity index (χ1n) is 6.95. The molecule has 106 valence electrons. The Bertz CT molecular complexity index is 344. The van der Waals surface area contributed by atoms with Crippen molar-refractivity contribution in [3.63, 3.8) is 0 Å². The summed E-state index contributed by atoms with van der Waals surface area (Å²) in [6, 6.07) is 0. The van der Waals surface area contributed by atoms with E-state index in [0.717, 1.165) is 45.3 Å². The standard InChI is InChI=1S/C12H25N3O2S/c1-15-7-4-11(5-8-15)9-14-18(16,17)12-3-2-6-13-10-12/h11-14H,2-10H2,1H3. The van der Waals surface area contributed by atoms with E-state index in [0.29, 0.717) is 19.0 Å². The Balaban J connectivity index is 1.77. The molecule has 2 heterocycles. The summed E-state index contributed by atoms with van der Waals surface area (Å²) < 4.78 is 27.1. The highest BCUT2D eigenvalue weighted by molar-refractivity contribution is 7.90.